The number of nitrogens with zero attached hydrogens (tertiary/aromatic N) is 2. The number of carbonyl (C=O) groups excluding carboxylic acids is 2. The molecule has 0 bridgehead atoms. The number of fused-ring (bicyclic) bond motifs is 1. The lowest BCUT2D eigenvalue weighted by Crippen LogP contribution is -2.51. The number of guanidine groups is 1. The van der Waals surface area contributed by atoms with Crippen LogP contribution >= 0.6 is 0 Å². The first-order valence-electron chi connectivity index (χ1n) is 10.8. The van der Waals surface area contributed by atoms with Crippen LogP contribution in [0, 0.1) is 0 Å². The number of hydrogen-bond acceptors (Lipinski definition) is 5. The van der Waals surface area contributed by atoms with E-state index in [1.165, 1.54) is 4.90 Å². The number of aliphatic hydroxyl groups is 1. The number of rotatable bonds is 9. The second-order valence-corrected chi connectivity index (χ2v) is 8.01. The van der Waals surface area contributed by atoms with Gasteiger partial charge in [0.25, 0.3) is 5.91 Å². The number of aliphatic carboxylic acids is 1. The molecule has 0 saturated carbocycles. The Hall–Kier alpha value is -3.66. The van der Waals surface area contributed by atoms with E-state index in [0.717, 1.165) is 10.8 Å². The van der Waals surface area contributed by atoms with Gasteiger partial charge in [-0.05, 0) is 42.0 Å². The third-order valence-corrected chi connectivity index (χ3v) is 5.75. The highest BCUT2D eigenvalue weighted by atomic mass is 16.4. The first kappa shape index (κ1) is 24.0. The smallest absolute Gasteiger partial charge is 0.326 e. The number of aliphatic hydroxyl groups excluding tert-OH is 1. The second kappa shape index (κ2) is 10.8. The van der Waals surface area contributed by atoms with Gasteiger partial charge in [-0.3, -0.25) is 14.6 Å². The molecule has 1 aliphatic heterocycles. The van der Waals surface area contributed by atoms with E-state index in [1.54, 1.807) is 12.1 Å². The van der Waals surface area contributed by atoms with Gasteiger partial charge in [0.15, 0.2) is 12.1 Å². The van der Waals surface area contributed by atoms with Gasteiger partial charge in [-0.1, -0.05) is 42.5 Å². The number of carboxylic acids is 1. The quantitative estimate of drug-likeness (QED) is 0.208. The van der Waals surface area contributed by atoms with Gasteiger partial charge >= 0.3 is 5.97 Å². The molecule has 33 heavy (non-hydrogen) atoms. The fourth-order valence-electron chi connectivity index (χ4n) is 4.11. The molecule has 176 valence electrons. The Bertz CT molecular complexity index is 1050. The number of hydrogen-bond donors (Lipinski definition) is 5. The largest absolute Gasteiger partial charge is 0.480 e. The van der Waals surface area contributed by atoms with Crippen molar-refractivity contribution in [2.24, 2.45) is 16.5 Å². The van der Waals surface area contributed by atoms with E-state index in [1.807, 2.05) is 30.3 Å². The van der Waals surface area contributed by atoms with Crippen LogP contribution in [0.1, 0.15) is 37.4 Å². The van der Waals surface area contributed by atoms with Crippen LogP contribution in [-0.2, 0) is 14.4 Å². The number of nitrogens with two attached hydrogens (primary N) is 2. The van der Waals surface area contributed by atoms with E-state index in [4.69, 9.17) is 11.5 Å². The molecule has 10 nitrogen and oxygen atoms in total. The molecule has 1 aliphatic rings. The van der Waals surface area contributed by atoms with E-state index in [2.05, 4.69) is 10.3 Å². The van der Waals surface area contributed by atoms with E-state index in [0.29, 0.717) is 31.4 Å². The normalized spacial score (nSPS) is 17.4. The van der Waals surface area contributed by atoms with Crippen molar-refractivity contribution in [3.63, 3.8) is 0 Å². The number of amides is 2. The Balaban J connectivity index is 1.69. The summed E-state index contributed by atoms with van der Waals surface area (Å²) in [5.41, 5.74) is 11.0. The zero-order valence-corrected chi connectivity index (χ0v) is 18.2. The Morgan fingerprint density at radius 3 is 2.61 bits per heavy atom. The Kier molecular flexibility index (Phi) is 7.83. The molecule has 0 radical (unpaired) electrons. The number of likely N-dealkylation sites (tertiary alicyclic amines) is 1. The summed E-state index contributed by atoms with van der Waals surface area (Å²) < 4.78 is 0. The van der Waals surface area contributed by atoms with Crippen LogP contribution < -0.4 is 16.8 Å². The van der Waals surface area contributed by atoms with Crippen LogP contribution in [0.4, 0.5) is 0 Å². The third kappa shape index (κ3) is 5.78. The van der Waals surface area contributed by atoms with Crippen LogP contribution in [0.25, 0.3) is 10.8 Å². The Morgan fingerprint density at radius 1 is 1.15 bits per heavy atom. The molecular weight excluding hydrogens is 426 g/mol. The van der Waals surface area contributed by atoms with Crippen LogP contribution in [-0.4, -0.2) is 64.0 Å². The minimum Gasteiger partial charge on any atom is -0.480 e. The molecule has 7 N–H and O–H groups in total. The molecule has 3 atom stereocenters. The summed E-state index contributed by atoms with van der Waals surface area (Å²) in [6.07, 6.45) is 0.0350. The van der Waals surface area contributed by atoms with Crippen molar-refractivity contribution in [3.05, 3.63) is 48.0 Å². The van der Waals surface area contributed by atoms with Crippen molar-refractivity contribution in [1.29, 1.82) is 0 Å². The Labute approximate surface area is 191 Å². The van der Waals surface area contributed by atoms with Crippen molar-refractivity contribution in [1.82, 2.24) is 10.2 Å². The van der Waals surface area contributed by atoms with E-state index in [9.17, 15) is 24.6 Å². The summed E-state index contributed by atoms with van der Waals surface area (Å²) >= 11 is 0. The summed E-state index contributed by atoms with van der Waals surface area (Å²) in [4.78, 5) is 42.7. The monoisotopic (exact) mass is 455 g/mol. The SMILES string of the molecule is NC(N)=NCCC[C@H](NC(=O)[C@@H]1CCCN1C(=O)C(O)c1cccc2ccccc12)C(=O)O. The lowest BCUT2D eigenvalue weighted by Gasteiger charge is -2.27. The van der Waals surface area contributed by atoms with Gasteiger partial charge in [0.2, 0.25) is 5.91 Å². The molecule has 3 rings (SSSR count). The molecule has 2 aromatic rings. The molecule has 0 aliphatic carbocycles. The maximum Gasteiger partial charge on any atom is 0.326 e. The van der Waals surface area contributed by atoms with Crippen molar-refractivity contribution in [2.75, 3.05) is 13.1 Å². The molecule has 1 unspecified atom stereocenters. The summed E-state index contributed by atoms with van der Waals surface area (Å²) in [7, 11) is 0. The van der Waals surface area contributed by atoms with Gasteiger partial charge in [-0.15, -0.1) is 0 Å². The zero-order valence-electron chi connectivity index (χ0n) is 18.2. The minimum absolute atomic E-state index is 0.0872. The number of benzene rings is 2. The minimum atomic E-state index is -1.43. The summed E-state index contributed by atoms with van der Waals surface area (Å²) in [5.74, 6) is -2.40. The van der Waals surface area contributed by atoms with Crippen LogP contribution in [0.5, 0.6) is 0 Å². The topological polar surface area (TPSA) is 171 Å². The first-order chi connectivity index (χ1) is 15.8. The lowest BCUT2D eigenvalue weighted by atomic mass is 9.99. The third-order valence-electron chi connectivity index (χ3n) is 5.75. The number of carboxylic acid groups (broad SMARTS) is 1. The molecule has 0 aromatic heterocycles. The van der Waals surface area contributed by atoms with Crippen molar-refractivity contribution < 1.29 is 24.6 Å². The van der Waals surface area contributed by atoms with Crippen LogP contribution in [0.3, 0.4) is 0 Å². The van der Waals surface area contributed by atoms with Gasteiger partial charge in [-0.2, -0.15) is 0 Å². The molecule has 2 aromatic carbocycles. The number of aliphatic imine (C=N–C) groups is 1. The van der Waals surface area contributed by atoms with Gasteiger partial charge in [0.1, 0.15) is 12.1 Å². The number of nitrogens with one attached hydrogen (secondary N) is 1. The van der Waals surface area contributed by atoms with Gasteiger partial charge in [0.05, 0.1) is 0 Å². The summed E-state index contributed by atoms with van der Waals surface area (Å²) in [6.45, 7) is 0.550. The second-order valence-electron chi connectivity index (χ2n) is 8.01. The highest BCUT2D eigenvalue weighted by Gasteiger charge is 2.38. The Morgan fingerprint density at radius 2 is 1.88 bits per heavy atom. The molecule has 2 amide bonds. The van der Waals surface area contributed by atoms with Crippen molar-refractivity contribution in [3.8, 4) is 0 Å². The van der Waals surface area contributed by atoms with Crippen LogP contribution in [0.15, 0.2) is 47.5 Å². The van der Waals surface area contributed by atoms with Gasteiger partial charge in [-0.25, -0.2) is 4.79 Å². The predicted molar refractivity (Wildman–Crippen MR) is 123 cm³/mol. The fourth-order valence-corrected chi connectivity index (χ4v) is 4.11. The molecule has 10 heteroatoms. The molecule has 1 heterocycles. The predicted octanol–water partition coefficient (Wildman–Crippen LogP) is 0.487. The molecule has 0 spiro atoms. The molecular formula is C23H29N5O5. The van der Waals surface area contributed by atoms with Gasteiger partial charge < -0.3 is 31.9 Å². The van der Waals surface area contributed by atoms with Gasteiger partial charge in [0, 0.05) is 13.1 Å². The van der Waals surface area contributed by atoms with Crippen molar-refractivity contribution in [2.45, 2.75) is 43.9 Å². The van der Waals surface area contributed by atoms with Crippen molar-refractivity contribution >= 4 is 34.5 Å². The summed E-state index contributed by atoms with van der Waals surface area (Å²) in [5, 5.41) is 24.5. The van der Waals surface area contributed by atoms with E-state index < -0.39 is 36.0 Å². The highest BCUT2D eigenvalue weighted by Crippen LogP contribution is 2.28. The average Bonchev–Trinajstić information content (AvgIpc) is 3.29. The van der Waals surface area contributed by atoms with E-state index in [-0.39, 0.29) is 18.9 Å². The molecule has 1 saturated heterocycles. The number of carbonyl (C=O) groups is 3. The highest BCUT2D eigenvalue weighted by molar-refractivity contribution is 5.95. The summed E-state index contributed by atoms with van der Waals surface area (Å²) in [6, 6.07) is 10.8. The fraction of sp³-hybridized carbons (Fsp3) is 0.391. The van der Waals surface area contributed by atoms with Crippen LogP contribution in [0.2, 0.25) is 0 Å². The standard InChI is InChI=1S/C23H29N5O5/c24-23(25)26-12-4-10-17(22(32)33)27-20(30)18-11-5-13-28(18)21(31)19(29)16-9-3-7-14-6-1-2-8-15(14)16/h1-3,6-9,17-19,29H,4-5,10-13H2,(H,27,30)(H,32,33)(H4,24,25,26)/t17-,18-,19?/m0/s1. The first-order valence-corrected chi connectivity index (χ1v) is 10.8. The average molecular weight is 456 g/mol. The maximum atomic E-state index is 13.1. The molecule has 1 fully saturated rings. The lowest BCUT2D eigenvalue weighted by molar-refractivity contribution is -0.147. The maximum absolute atomic E-state index is 13.1. The van der Waals surface area contributed by atoms with E-state index >= 15 is 0 Å². The zero-order chi connectivity index (χ0) is 24.0.